The van der Waals surface area contributed by atoms with Crippen LogP contribution in [0.3, 0.4) is 0 Å². The average molecular weight is 431 g/mol. The Morgan fingerprint density at radius 3 is 2.55 bits per heavy atom. The molecule has 1 aromatic carbocycles. The third-order valence-electron chi connectivity index (χ3n) is 5.26. The molecule has 31 heavy (non-hydrogen) atoms. The molecule has 1 aliphatic rings. The Balaban J connectivity index is 1.82. The van der Waals surface area contributed by atoms with E-state index in [1.165, 1.54) is 13.0 Å². The van der Waals surface area contributed by atoms with E-state index in [1.54, 1.807) is 18.2 Å². The quantitative estimate of drug-likeness (QED) is 0.281. The molecule has 0 bridgehead atoms. The van der Waals surface area contributed by atoms with Crippen molar-refractivity contribution < 1.29 is 39.5 Å². The zero-order valence-corrected chi connectivity index (χ0v) is 16.3. The van der Waals surface area contributed by atoms with Crippen LogP contribution in [0.25, 0.3) is 21.8 Å². The van der Waals surface area contributed by atoms with Crippen molar-refractivity contribution in [3.8, 4) is 5.75 Å². The molecule has 0 saturated carbocycles. The second-order valence-corrected chi connectivity index (χ2v) is 7.32. The van der Waals surface area contributed by atoms with E-state index in [2.05, 4.69) is 9.97 Å². The number of H-pyrrole nitrogens is 1. The van der Waals surface area contributed by atoms with Gasteiger partial charge in [-0.05, 0) is 12.1 Å². The minimum absolute atomic E-state index is 0.0290. The van der Waals surface area contributed by atoms with Gasteiger partial charge in [0, 0.05) is 17.7 Å². The monoisotopic (exact) mass is 431 g/mol. The Kier molecular flexibility index (Phi) is 5.37. The highest BCUT2D eigenvalue weighted by Gasteiger charge is 2.44. The van der Waals surface area contributed by atoms with E-state index in [-0.39, 0.29) is 22.9 Å². The highest BCUT2D eigenvalue weighted by molar-refractivity contribution is 6.16. The van der Waals surface area contributed by atoms with E-state index < -0.39 is 43.2 Å². The van der Waals surface area contributed by atoms with Gasteiger partial charge >= 0.3 is 0 Å². The summed E-state index contributed by atoms with van der Waals surface area (Å²) in [6.45, 7) is 0.717. The lowest BCUT2D eigenvalue weighted by Gasteiger charge is -2.39. The van der Waals surface area contributed by atoms with Gasteiger partial charge in [-0.25, -0.2) is 4.98 Å². The van der Waals surface area contributed by atoms with Crippen LogP contribution in [0.2, 0.25) is 0 Å². The van der Waals surface area contributed by atoms with Crippen molar-refractivity contribution in [2.24, 2.45) is 5.73 Å². The molecule has 11 nitrogen and oxygen atoms in total. The number of carbonyl (C=O) groups is 2. The van der Waals surface area contributed by atoms with Crippen molar-refractivity contribution in [1.82, 2.24) is 9.97 Å². The summed E-state index contributed by atoms with van der Waals surface area (Å²) in [6.07, 6.45) is -7.21. The SMILES string of the molecule is CC(=O)c1nc(C(N)=O)cc2c1[nH]c1c(O[C@@H]3O[C@H](CO)[C@@H](O)[C@H](O)[C@H]3O)cccc12. The average Bonchev–Trinajstić information content (AvgIpc) is 3.12. The van der Waals surface area contributed by atoms with Crippen LogP contribution < -0.4 is 10.5 Å². The van der Waals surface area contributed by atoms with Crippen LogP contribution in [0.15, 0.2) is 24.3 Å². The molecule has 11 heteroatoms. The van der Waals surface area contributed by atoms with Crippen molar-refractivity contribution in [3.05, 3.63) is 35.7 Å². The lowest BCUT2D eigenvalue weighted by Crippen LogP contribution is -2.60. The van der Waals surface area contributed by atoms with Crippen LogP contribution in [0.4, 0.5) is 0 Å². The summed E-state index contributed by atoms with van der Waals surface area (Å²) in [5, 5.41) is 40.6. The Morgan fingerprint density at radius 1 is 1.16 bits per heavy atom. The molecule has 164 valence electrons. The lowest BCUT2D eigenvalue weighted by atomic mass is 9.99. The van der Waals surface area contributed by atoms with Crippen molar-refractivity contribution in [2.45, 2.75) is 37.6 Å². The molecule has 1 amide bonds. The Hall–Kier alpha value is -3.09. The van der Waals surface area contributed by atoms with Gasteiger partial charge < -0.3 is 40.6 Å². The molecule has 0 unspecified atom stereocenters. The minimum Gasteiger partial charge on any atom is -0.460 e. The number of nitrogens with one attached hydrogen (secondary N) is 1. The fraction of sp³-hybridized carbons (Fsp3) is 0.350. The van der Waals surface area contributed by atoms with Gasteiger partial charge in [-0.1, -0.05) is 12.1 Å². The van der Waals surface area contributed by atoms with Crippen molar-refractivity contribution in [1.29, 1.82) is 0 Å². The number of aromatic amines is 1. The molecule has 1 fully saturated rings. The van der Waals surface area contributed by atoms with Gasteiger partial charge in [-0.15, -0.1) is 0 Å². The number of hydrogen-bond donors (Lipinski definition) is 6. The van der Waals surface area contributed by atoms with Crippen LogP contribution in [0.1, 0.15) is 27.9 Å². The number of ketones is 1. The first-order valence-electron chi connectivity index (χ1n) is 9.46. The van der Waals surface area contributed by atoms with Crippen LogP contribution >= 0.6 is 0 Å². The number of nitrogens with zero attached hydrogens (tertiary/aromatic N) is 1. The molecular formula is C20H21N3O8. The predicted octanol–water partition coefficient (Wildman–Crippen LogP) is -0.804. The summed E-state index contributed by atoms with van der Waals surface area (Å²) in [5.74, 6) is -0.961. The van der Waals surface area contributed by atoms with E-state index in [0.29, 0.717) is 21.8 Å². The molecule has 7 N–H and O–H groups in total. The van der Waals surface area contributed by atoms with Gasteiger partial charge in [0.05, 0.1) is 17.6 Å². The smallest absolute Gasteiger partial charge is 0.267 e. The molecule has 0 spiro atoms. The summed E-state index contributed by atoms with van der Waals surface area (Å²) in [7, 11) is 0. The topological polar surface area (TPSA) is 188 Å². The maximum Gasteiger partial charge on any atom is 0.267 e. The zero-order valence-electron chi connectivity index (χ0n) is 16.3. The number of aromatic nitrogens is 2. The summed E-state index contributed by atoms with van der Waals surface area (Å²) in [6, 6.07) is 6.39. The summed E-state index contributed by atoms with van der Waals surface area (Å²) in [4.78, 5) is 30.9. The fourth-order valence-electron chi connectivity index (χ4n) is 3.66. The number of pyridine rings is 1. The van der Waals surface area contributed by atoms with Crippen molar-refractivity contribution in [2.75, 3.05) is 6.61 Å². The van der Waals surface area contributed by atoms with E-state index in [9.17, 15) is 30.0 Å². The Labute approximate surface area is 175 Å². The number of Topliss-reactive ketones (excluding diaryl/α,β-unsaturated/α-hetero) is 1. The highest BCUT2D eigenvalue weighted by atomic mass is 16.7. The lowest BCUT2D eigenvalue weighted by molar-refractivity contribution is -0.277. The van der Waals surface area contributed by atoms with Gasteiger partial charge in [-0.2, -0.15) is 0 Å². The van der Waals surface area contributed by atoms with Gasteiger partial charge in [0.25, 0.3) is 5.91 Å². The van der Waals surface area contributed by atoms with E-state index in [1.807, 2.05) is 0 Å². The number of primary amides is 1. The first-order chi connectivity index (χ1) is 14.7. The van der Waals surface area contributed by atoms with Crippen molar-refractivity contribution in [3.63, 3.8) is 0 Å². The number of fused-ring (bicyclic) bond motifs is 3. The number of benzene rings is 1. The van der Waals surface area contributed by atoms with E-state index >= 15 is 0 Å². The Morgan fingerprint density at radius 2 is 1.90 bits per heavy atom. The molecule has 0 radical (unpaired) electrons. The summed E-state index contributed by atoms with van der Waals surface area (Å²) < 4.78 is 11.2. The number of carbonyl (C=O) groups excluding carboxylic acids is 2. The molecule has 1 aliphatic heterocycles. The van der Waals surface area contributed by atoms with Crippen LogP contribution in [0, 0.1) is 0 Å². The molecule has 4 rings (SSSR count). The second kappa shape index (κ2) is 7.87. The van der Waals surface area contributed by atoms with Crippen LogP contribution in [-0.4, -0.2) is 79.4 Å². The standard InChI is InChI=1S/C20H21N3O8/c1-7(25)13-15-9(5-10(22-13)19(21)29)8-3-2-4-11(14(8)23-15)30-20-18(28)17(27)16(26)12(6-24)31-20/h2-5,12,16-18,20,23-24,26-28H,6H2,1H3,(H2,21,29)/t12-,16-,17+,18-,20-/m1/s1. The number of ether oxygens (including phenoxy) is 2. The summed E-state index contributed by atoms with van der Waals surface area (Å²) in [5.41, 5.74) is 6.10. The number of aliphatic hydroxyl groups is 4. The number of aliphatic hydroxyl groups excluding tert-OH is 4. The fourth-order valence-corrected chi connectivity index (χ4v) is 3.66. The molecule has 1 saturated heterocycles. The maximum atomic E-state index is 12.1. The molecule has 5 atom stereocenters. The first-order valence-corrected chi connectivity index (χ1v) is 9.46. The number of para-hydroxylation sites is 1. The zero-order chi connectivity index (χ0) is 22.4. The van der Waals surface area contributed by atoms with Gasteiger partial charge in [0.1, 0.15) is 41.6 Å². The normalized spacial score (nSPS) is 26.3. The number of amides is 1. The number of hydrogen-bond acceptors (Lipinski definition) is 9. The number of rotatable bonds is 5. The van der Waals surface area contributed by atoms with Crippen molar-refractivity contribution >= 4 is 33.5 Å². The minimum atomic E-state index is -1.59. The van der Waals surface area contributed by atoms with Crippen LogP contribution in [0.5, 0.6) is 5.75 Å². The molecule has 0 aliphatic carbocycles. The molecule has 3 aromatic rings. The number of nitrogens with two attached hydrogens (primary N) is 1. The second-order valence-electron chi connectivity index (χ2n) is 7.32. The maximum absolute atomic E-state index is 12.1. The van der Waals surface area contributed by atoms with Gasteiger partial charge in [0.2, 0.25) is 6.29 Å². The predicted molar refractivity (Wildman–Crippen MR) is 107 cm³/mol. The van der Waals surface area contributed by atoms with Crippen LogP contribution in [-0.2, 0) is 4.74 Å². The Bertz CT molecular complexity index is 1170. The van der Waals surface area contributed by atoms with Gasteiger partial charge in [-0.3, -0.25) is 9.59 Å². The highest BCUT2D eigenvalue weighted by Crippen LogP contribution is 2.35. The molecular weight excluding hydrogens is 410 g/mol. The third-order valence-corrected chi connectivity index (χ3v) is 5.26. The van der Waals surface area contributed by atoms with E-state index in [0.717, 1.165) is 0 Å². The van der Waals surface area contributed by atoms with Gasteiger partial charge in [0.15, 0.2) is 5.78 Å². The molecule has 2 aromatic heterocycles. The largest absolute Gasteiger partial charge is 0.460 e. The summed E-state index contributed by atoms with van der Waals surface area (Å²) >= 11 is 0. The molecule has 3 heterocycles. The first kappa shape index (κ1) is 21.2. The third kappa shape index (κ3) is 3.52. The van der Waals surface area contributed by atoms with E-state index in [4.69, 9.17) is 15.2 Å².